The summed E-state index contributed by atoms with van der Waals surface area (Å²) in [6.07, 6.45) is 0. The molecule has 0 fully saturated rings. The third-order valence-electron chi connectivity index (χ3n) is 4.68. The van der Waals surface area contributed by atoms with Gasteiger partial charge in [0.15, 0.2) is 15.7 Å². The number of nitrogens with zero attached hydrogens (tertiary/aromatic N) is 3. The summed E-state index contributed by atoms with van der Waals surface area (Å²) in [5.74, 6) is -0.622. The lowest BCUT2D eigenvalue weighted by molar-refractivity contribution is -0.385. The molecular formula is C22H16F2N4O5S. The zero-order valence-electron chi connectivity index (χ0n) is 17.3. The zero-order valence-corrected chi connectivity index (χ0v) is 18.1. The fourth-order valence-corrected chi connectivity index (χ4v) is 4.49. The molecule has 0 aliphatic carbocycles. The number of alkyl halides is 2. The van der Waals surface area contributed by atoms with E-state index in [4.69, 9.17) is 0 Å². The number of aromatic nitrogens is 2. The Bertz CT molecular complexity index is 1480. The maximum absolute atomic E-state index is 13.1. The minimum Gasteiger partial charge on any atom is -0.435 e. The number of benzene rings is 3. The first kappa shape index (κ1) is 23.0. The third-order valence-corrected chi connectivity index (χ3v) is 6.30. The number of rotatable bonds is 8. The van der Waals surface area contributed by atoms with E-state index in [2.05, 4.69) is 20.0 Å². The molecule has 3 aromatic carbocycles. The van der Waals surface area contributed by atoms with Crippen LogP contribution in [0, 0.1) is 10.1 Å². The minimum atomic E-state index is -4.05. The van der Waals surface area contributed by atoms with E-state index in [1.54, 1.807) is 30.3 Å². The standard InChI is InChI=1S/C22H16F2N4O5S/c23-22(24)33-16-7-3-5-14(11-16)25-21-20(26-18-9-1-2-10-19(18)27-21)13-34(31,32)17-8-4-6-15(12-17)28(29)30/h1-12,22H,13H2,(H,25,27). The molecule has 0 aliphatic heterocycles. The van der Waals surface area contributed by atoms with Gasteiger partial charge in [0.05, 0.1) is 26.5 Å². The molecular weight excluding hydrogens is 470 g/mol. The molecule has 1 heterocycles. The van der Waals surface area contributed by atoms with Crippen molar-refractivity contribution in [3.05, 3.63) is 88.6 Å². The van der Waals surface area contributed by atoms with Crippen LogP contribution in [0.3, 0.4) is 0 Å². The van der Waals surface area contributed by atoms with E-state index < -0.39 is 27.1 Å². The van der Waals surface area contributed by atoms with E-state index in [0.29, 0.717) is 16.7 Å². The van der Waals surface area contributed by atoms with Crippen LogP contribution in [-0.2, 0) is 15.6 Å². The summed E-state index contributed by atoms with van der Waals surface area (Å²) < 4.78 is 55.7. The van der Waals surface area contributed by atoms with Gasteiger partial charge < -0.3 is 10.1 Å². The fourth-order valence-electron chi connectivity index (χ4n) is 3.18. The van der Waals surface area contributed by atoms with Crippen LogP contribution >= 0.6 is 0 Å². The van der Waals surface area contributed by atoms with Crippen LogP contribution in [0.4, 0.5) is 26.0 Å². The summed E-state index contributed by atoms with van der Waals surface area (Å²) in [6, 6.07) is 17.2. The molecule has 0 bridgehead atoms. The minimum absolute atomic E-state index is 0.0467. The molecule has 12 heteroatoms. The Balaban J connectivity index is 1.74. The fraction of sp³-hybridized carbons (Fsp3) is 0.0909. The van der Waals surface area contributed by atoms with Crippen LogP contribution in [0.25, 0.3) is 11.0 Å². The number of hydrogen-bond acceptors (Lipinski definition) is 8. The Morgan fingerprint density at radius 1 is 0.971 bits per heavy atom. The molecule has 34 heavy (non-hydrogen) atoms. The van der Waals surface area contributed by atoms with Gasteiger partial charge >= 0.3 is 6.61 Å². The number of fused-ring (bicyclic) bond motifs is 1. The Kier molecular flexibility index (Phi) is 6.32. The highest BCUT2D eigenvalue weighted by Gasteiger charge is 2.22. The average Bonchev–Trinajstić information content (AvgIpc) is 2.79. The molecule has 0 saturated heterocycles. The molecule has 0 spiro atoms. The maximum Gasteiger partial charge on any atom is 0.387 e. The number of anilines is 2. The first-order valence-corrected chi connectivity index (χ1v) is 11.4. The van der Waals surface area contributed by atoms with Crippen molar-refractivity contribution >= 4 is 38.1 Å². The SMILES string of the molecule is O=[N+]([O-])c1cccc(S(=O)(=O)Cc2nc3ccccc3nc2Nc2cccc(OC(F)F)c2)c1. The number of nitrogens with one attached hydrogen (secondary N) is 1. The van der Waals surface area contributed by atoms with Crippen molar-refractivity contribution in [3.8, 4) is 5.75 Å². The second-order valence-electron chi connectivity index (χ2n) is 7.05. The van der Waals surface area contributed by atoms with E-state index in [9.17, 15) is 27.3 Å². The third kappa shape index (κ3) is 5.23. The number of non-ortho nitro benzene ring substituents is 1. The summed E-state index contributed by atoms with van der Waals surface area (Å²) in [5, 5.41) is 14.0. The number of nitro groups is 1. The second kappa shape index (κ2) is 9.35. The van der Waals surface area contributed by atoms with E-state index in [1.807, 2.05) is 0 Å². The van der Waals surface area contributed by atoms with Crippen LogP contribution in [0.2, 0.25) is 0 Å². The normalized spacial score (nSPS) is 11.5. The van der Waals surface area contributed by atoms with Gasteiger partial charge in [0, 0.05) is 23.9 Å². The van der Waals surface area contributed by atoms with E-state index >= 15 is 0 Å². The van der Waals surface area contributed by atoms with Gasteiger partial charge in [-0.05, 0) is 30.3 Å². The van der Waals surface area contributed by atoms with Crippen LogP contribution in [0.5, 0.6) is 5.75 Å². The number of halogens is 2. The summed E-state index contributed by atoms with van der Waals surface area (Å²) in [4.78, 5) is 19.0. The molecule has 174 valence electrons. The monoisotopic (exact) mass is 486 g/mol. The smallest absolute Gasteiger partial charge is 0.387 e. The van der Waals surface area contributed by atoms with Crippen LogP contribution in [0.1, 0.15) is 5.69 Å². The molecule has 0 atom stereocenters. The average molecular weight is 486 g/mol. The quantitative estimate of drug-likeness (QED) is 0.277. The van der Waals surface area contributed by atoms with Crippen LogP contribution in [0.15, 0.2) is 77.7 Å². The predicted molar refractivity (Wildman–Crippen MR) is 120 cm³/mol. The Hall–Kier alpha value is -4.19. The van der Waals surface area contributed by atoms with Crippen molar-refractivity contribution in [1.29, 1.82) is 0 Å². The lowest BCUT2D eigenvalue weighted by Crippen LogP contribution is -2.11. The molecule has 0 unspecified atom stereocenters. The van der Waals surface area contributed by atoms with Crippen LogP contribution < -0.4 is 10.1 Å². The predicted octanol–water partition coefficient (Wildman–Crippen LogP) is 4.86. The molecule has 4 rings (SSSR count). The van der Waals surface area contributed by atoms with E-state index in [1.165, 1.54) is 36.4 Å². The number of sulfone groups is 1. The van der Waals surface area contributed by atoms with Crippen molar-refractivity contribution in [2.24, 2.45) is 0 Å². The first-order valence-electron chi connectivity index (χ1n) is 9.76. The summed E-state index contributed by atoms with van der Waals surface area (Å²) in [7, 11) is -4.05. The second-order valence-corrected chi connectivity index (χ2v) is 9.04. The van der Waals surface area contributed by atoms with Gasteiger partial charge in [-0.1, -0.05) is 24.3 Å². The van der Waals surface area contributed by atoms with Gasteiger partial charge in [-0.2, -0.15) is 8.78 Å². The van der Waals surface area contributed by atoms with Gasteiger partial charge in [0.2, 0.25) is 0 Å². The van der Waals surface area contributed by atoms with Gasteiger partial charge in [0.1, 0.15) is 11.5 Å². The van der Waals surface area contributed by atoms with Crippen molar-refractivity contribution in [2.75, 3.05) is 5.32 Å². The van der Waals surface area contributed by atoms with Gasteiger partial charge in [-0.15, -0.1) is 0 Å². The molecule has 4 aromatic rings. The van der Waals surface area contributed by atoms with Crippen molar-refractivity contribution < 1.29 is 26.9 Å². The molecule has 1 N–H and O–H groups in total. The summed E-state index contributed by atoms with van der Waals surface area (Å²) >= 11 is 0. The topological polar surface area (TPSA) is 124 Å². The Morgan fingerprint density at radius 3 is 2.38 bits per heavy atom. The molecule has 1 aromatic heterocycles. The highest BCUT2D eigenvalue weighted by molar-refractivity contribution is 7.90. The first-order chi connectivity index (χ1) is 16.2. The number of ether oxygens (including phenoxy) is 1. The summed E-state index contributed by atoms with van der Waals surface area (Å²) in [6.45, 7) is -3.01. The number of para-hydroxylation sites is 2. The Labute approximate surface area is 192 Å². The molecule has 0 radical (unpaired) electrons. The zero-order chi connectivity index (χ0) is 24.3. The van der Waals surface area contributed by atoms with Crippen molar-refractivity contribution in [1.82, 2.24) is 9.97 Å². The highest BCUT2D eigenvalue weighted by atomic mass is 32.2. The Morgan fingerprint density at radius 2 is 1.68 bits per heavy atom. The van der Waals surface area contributed by atoms with Crippen molar-refractivity contribution in [2.45, 2.75) is 17.3 Å². The van der Waals surface area contributed by atoms with E-state index in [0.717, 1.165) is 6.07 Å². The van der Waals surface area contributed by atoms with E-state index in [-0.39, 0.29) is 27.8 Å². The van der Waals surface area contributed by atoms with Gasteiger partial charge in [-0.25, -0.2) is 18.4 Å². The highest BCUT2D eigenvalue weighted by Crippen LogP contribution is 2.28. The largest absolute Gasteiger partial charge is 0.435 e. The molecule has 9 nitrogen and oxygen atoms in total. The number of nitro benzene ring substituents is 1. The lowest BCUT2D eigenvalue weighted by Gasteiger charge is -2.13. The molecule has 0 aliphatic rings. The molecule has 0 amide bonds. The number of hydrogen-bond donors (Lipinski definition) is 1. The van der Waals surface area contributed by atoms with Gasteiger partial charge in [-0.3, -0.25) is 10.1 Å². The maximum atomic E-state index is 13.1. The van der Waals surface area contributed by atoms with Crippen LogP contribution in [-0.4, -0.2) is 29.9 Å². The summed E-state index contributed by atoms with van der Waals surface area (Å²) in [5.41, 5.74) is 0.913. The van der Waals surface area contributed by atoms with Crippen molar-refractivity contribution in [3.63, 3.8) is 0 Å². The van der Waals surface area contributed by atoms with Gasteiger partial charge in [0.25, 0.3) is 5.69 Å². The molecule has 0 saturated carbocycles. The lowest BCUT2D eigenvalue weighted by atomic mass is 10.2.